The van der Waals surface area contributed by atoms with Crippen LogP contribution in [0.3, 0.4) is 0 Å². The van der Waals surface area contributed by atoms with Gasteiger partial charge in [0.2, 0.25) is 11.7 Å². The summed E-state index contributed by atoms with van der Waals surface area (Å²) in [5, 5.41) is 6.58. The number of carbonyl (C=O) groups excluding carboxylic acids is 2. The number of aromatic nitrogens is 4. The van der Waals surface area contributed by atoms with Gasteiger partial charge in [0.15, 0.2) is 17.3 Å². The zero-order chi connectivity index (χ0) is 31.8. The molecule has 2 aromatic carbocycles. The molecule has 14 heteroatoms. The number of benzene rings is 2. The predicted octanol–water partition coefficient (Wildman–Crippen LogP) is 5.04. The number of amides is 2. The fourth-order valence-electron chi connectivity index (χ4n) is 4.96. The Balaban J connectivity index is 1.23. The number of anilines is 2. The van der Waals surface area contributed by atoms with Crippen molar-refractivity contribution in [1.29, 1.82) is 0 Å². The lowest BCUT2D eigenvalue weighted by Crippen LogP contribution is -2.40. The van der Waals surface area contributed by atoms with E-state index in [1.165, 1.54) is 33.3 Å². The highest BCUT2D eigenvalue weighted by Crippen LogP contribution is 2.34. The number of rotatable bonds is 7. The molecule has 6 rings (SSSR count). The molecule has 1 aliphatic rings. The molecule has 1 aliphatic heterocycles. The van der Waals surface area contributed by atoms with Crippen LogP contribution in [-0.4, -0.2) is 37.3 Å². The number of hydrogen-bond donors (Lipinski definition) is 1. The number of fused-ring (bicyclic) bond motifs is 1. The summed E-state index contributed by atoms with van der Waals surface area (Å²) in [6.45, 7) is 3.93. The third-order valence-electron chi connectivity index (χ3n) is 7.17. The lowest BCUT2D eigenvalue weighted by Gasteiger charge is -2.18. The van der Waals surface area contributed by atoms with Crippen molar-refractivity contribution in [3.05, 3.63) is 106 Å². The molecule has 5 aromatic rings. The Morgan fingerprint density at radius 1 is 0.933 bits per heavy atom. The van der Waals surface area contributed by atoms with Crippen molar-refractivity contribution in [3.8, 4) is 22.9 Å². The van der Waals surface area contributed by atoms with Crippen molar-refractivity contribution in [1.82, 2.24) is 18.7 Å². The maximum atomic E-state index is 15.2. The minimum atomic E-state index is -1.12. The highest BCUT2D eigenvalue weighted by Gasteiger charge is 2.24. The second kappa shape index (κ2) is 11.7. The maximum Gasteiger partial charge on any atom is 0.417 e. The molecule has 0 radical (unpaired) electrons. The van der Waals surface area contributed by atoms with Crippen molar-refractivity contribution in [3.63, 3.8) is 0 Å². The van der Waals surface area contributed by atoms with Crippen LogP contribution in [0.2, 0.25) is 0 Å². The van der Waals surface area contributed by atoms with E-state index in [9.17, 15) is 23.6 Å². The summed E-state index contributed by atoms with van der Waals surface area (Å²) >= 11 is 0. The molecule has 4 heterocycles. The third kappa shape index (κ3) is 5.77. The number of nitrogens with one attached hydrogen (secondary N) is 1. The Morgan fingerprint density at radius 3 is 2.40 bits per heavy atom. The van der Waals surface area contributed by atoms with Crippen LogP contribution in [0.15, 0.2) is 82.8 Å². The van der Waals surface area contributed by atoms with E-state index in [1.807, 2.05) is 0 Å². The highest BCUT2D eigenvalue weighted by atomic mass is 19.1. The average Bonchev–Trinajstić information content (AvgIpc) is 3.65. The van der Waals surface area contributed by atoms with E-state index in [0.29, 0.717) is 24.2 Å². The number of hydrogen-bond acceptors (Lipinski definition) is 7. The Kier molecular flexibility index (Phi) is 7.62. The summed E-state index contributed by atoms with van der Waals surface area (Å²) < 4.78 is 43.3. The van der Waals surface area contributed by atoms with Crippen molar-refractivity contribution < 1.29 is 27.8 Å². The van der Waals surface area contributed by atoms with Gasteiger partial charge >= 0.3 is 17.3 Å². The third-order valence-corrected chi connectivity index (χ3v) is 7.17. The second-order valence-electron chi connectivity index (χ2n) is 10.5. The molecule has 0 bridgehead atoms. The molecular formula is C31H26F2N6O6. The van der Waals surface area contributed by atoms with Crippen molar-refractivity contribution in [2.24, 2.45) is 0 Å². The summed E-state index contributed by atoms with van der Waals surface area (Å²) in [6, 6.07) is 11.2. The first-order chi connectivity index (χ1) is 21.6. The first-order valence-electron chi connectivity index (χ1n) is 14.0. The topological polar surface area (TPSA) is 129 Å². The van der Waals surface area contributed by atoms with E-state index >= 15 is 4.39 Å². The summed E-state index contributed by atoms with van der Waals surface area (Å²) in [4.78, 5) is 52.8. The monoisotopic (exact) mass is 616 g/mol. The summed E-state index contributed by atoms with van der Waals surface area (Å²) in [7, 11) is 0. The zero-order valence-corrected chi connectivity index (χ0v) is 24.1. The van der Waals surface area contributed by atoms with Crippen molar-refractivity contribution >= 4 is 28.9 Å². The molecule has 1 N–H and O–H groups in total. The molecule has 0 spiro atoms. The number of nitrogens with zero attached hydrogens (tertiary/aromatic N) is 5. The highest BCUT2D eigenvalue weighted by molar-refractivity contribution is 5.95. The lowest BCUT2D eigenvalue weighted by atomic mass is 10.2. The molecule has 0 unspecified atom stereocenters. The number of halogens is 2. The van der Waals surface area contributed by atoms with Gasteiger partial charge < -0.3 is 14.4 Å². The molecule has 0 saturated carbocycles. The summed E-state index contributed by atoms with van der Waals surface area (Å²) in [5.41, 5.74) is -0.477. The number of pyridine rings is 1. The van der Waals surface area contributed by atoms with Gasteiger partial charge in [-0.3, -0.25) is 19.5 Å². The van der Waals surface area contributed by atoms with Gasteiger partial charge in [0.05, 0.1) is 30.0 Å². The maximum absolute atomic E-state index is 15.2. The molecule has 3 aromatic heterocycles. The fraction of sp³-hybridized carbons (Fsp3) is 0.194. The number of ether oxygens (including phenoxy) is 2. The van der Waals surface area contributed by atoms with Crippen LogP contribution < -0.4 is 30.9 Å². The van der Waals surface area contributed by atoms with Crippen molar-refractivity contribution in [2.45, 2.75) is 32.7 Å². The van der Waals surface area contributed by atoms with E-state index in [4.69, 9.17) is 9.47 Å². The van der Waals surface area contributed by atoms with Crippen LogP contribution in [0.5, 0.6) is 17.2 Å². The standard InChI is InChI=1S/C31H26F2N6O6/c1-18(2)37-17-27(29(41)39(31(37)43)21-8-5-19(32)6-9-21)45-30(42)35-20-7-10-25(23(33)14-20)44-26-15-22(36-13-3-4-28(36)40)16-38-24(26)11-12-34-38/h5-12,14-18H,3-4,13H2,1-2H3,(H,35,42). The Morgan fingerprint density at radius 2 is 1.71 bits per heavy atom. The van der Waals surface area contributed by atoms with Gasteiger partial charge in [0.1, 0.15) is 11.3 Å². The van der Waals surface area contributed by atoms with Gasteiger partial charge in [-0.05, 0) is 62.7 Å². The van der Waals surface area contributed by atoms with Crippen LogP contribution in [0, 0.1) is 11.6 Å². The Labute approximate surface area is 253 Å². The molecule has 12 nitrogen and oxygen atoms in total. The van der Waals surface area contributed by atoms with Gasteiger partial charge in [0, 0.05) is 36.8 Å². The molecule has 1 saturated heterocycles. The largest absolute Gasteiger partial charge is 0.452 e. The quantitative estimate of drug-likeness (QED) is 0.271. The molecule has 45 heavy (non-hydrogen) atoms. The fourth-order valence-corrected chi connectivity index (χ4v) is 4.96. The van der Waals surface area contributed by atoms with Gasteiger partial charge in [-0.1, -0.05) is 0 Å². The van der Waals surface area contributed by atoms with Crippen LogP contribution in [-0.2, 0) is 4.79 Å². The SMILES string of the molecule is CC(C)n1cc(OC(=O)Nc2ccc(Oc3cc(N4CCCC4=O)cn4nccc34)c(F)c2)c(=O)n(-c2ccc(F)cc2)c1=O. The van der Waals surface area contributed by atoms with Crippen LogP contribution in [0.1, 0.15) is 32.7 Å². The first kappa shape index (κ1) is 29.3. The average molecular weight is 617 g/mol. The smallest absolute Gasteiger partial charge is 0.417 e. The molecule has 2 amide bonds. The first-order valence-corrected chi connectivity index (χ1v) is 14.0. The van der Waals surface area contributed by atoms with Crippen LogP contribution in [0.25, 0.3) is 11.2 Å². The molecule has 230 valence electrons. The Hall–Kier alpha value is -5.79. The van der Waals surface area contributed by atoms with Gasteiger partial charge in [-0.25, -0.2) is 27.5 Å². The van der Waals surface area contributed by atoms with Crippen LogP contribution >= 0.6 is 0 Å². The predicted molar refractivity (Wildman–Crippen MR) is 160 cm³/mol. The minimum absolute atomic E-state index is 0.00759. The Bertz CT molecular complexity index is 2070. The van der Waals surface area contributed by atoms with Gasteiger partial charge in [0.25, 0.3) is 0 Å². The minimum Gasteiger partial charge on any atom is -0.452 e. The zero-order valence-electron chi connectivity index (χ0n) is 24.1. The summed E-state index contributed by atoms with van der Waals surface area (Å²) in [6.07, 6.45) is 4.39. The molecule has 1 fully saturated rings. The van der Waals surface area contributed by atoms with E-state index in [1.54, 1.807) is 43.3 Å². The van der Waals surface area contributed by atoms with Gasteiger partial charge in [-0.15, -0.1) is 0 Å². The number of carbonyl (C=O) groups is 2. The van der Waals surface area contributed by atoms with Crippen molar-refractivity contribution in [2.75, 3.05) is 16.8 Å². The molecule has 0 aliphatic carbocycles. The van der Waals surface area contributed by atoms with E-state index in [0.717, 1.165) is 35.4 Å². The van der Waals surface area contributed by atoms with E-state index in [2.05, 4.69) is 10.4 Å². The summed E-state index contributed by atoms with van der Waals surface area (Å²) in [5.74, 6) is -1.78. The van der Waals surface area contributed by atoms with Crippen LogP contribution in [0.4, 0.5) is 25.0 Å². The van der Waals surface area contributed by atoms with E-state index in [-0.39, 0.29) is 28.8 Å². The second-order valence-corrected chi connectivity index (χ2v) is 10.5. The molecule has 0 atom stereocenters. The normalized spacial score (nSPS) is 13.1. The molecular weight excluding hydrogens is 590 g/mol. The van der Waals surface area contributed by atoms with E-state index < -0.39 is 40.8 Å². The van der Waals surface area contributed by atoms with Gasteiger partial charge in [-0.2, -0.15) is 5.10 Å². The lowest BCUT2D eigenvalue weighted by molar-refractivity contribution is -0.117.